The highest BCUT2D eigenvalue weighted by Crippen LogP contribution is 2.18. The van der Waals surface area contributed by atoms with Gasteiger partial charge in [-0.25, -0.2) is 5.43 Å². The van der Waals surface area contributed by atoms with Crippen LogP contribution >= 0.6 is 0 Å². The molecule has 0 atom stereocenters. The van der Waals surface area contributed by atoms with Crippen molar-refractivity contribution in [3.63, 3.8) is 0 Å². The van der Waals surface area contributed by atoms with Crippen molar-refractivity contribution in [3.8, 4) is 11.5 Å². The molecule has 26 heavy (non-hydrogen) atoms. The van der Waals surface area contributed by atoms with E-state index < -0.39 is 0 Å². The van der Waals surface area contributed by atoms with Crippen molar-refractivity contribution in [3.05, 3.63) is 59.7 Å². The molecule has 2 rings (SSSR count). The average Bonchev–Trinajstić information content (AvgIpc) is 2.65. The van der Waals surface area contributed by atoms with Crippen molar-refractivity contribution in [2.75, 3.05) is 6.61 Å². The Labute approximate surface area is 155 Å². The molecule has 0 saturated carbocycles. The summed E-state index contributed by atoms with van der Waals surface area (Å²) in [5.41, 5.74) is 4.09. The molecule has 0 spiro atoms. The molecule has 0 aliphatic rings. The lowest BCUT2D eigenvalue weighted by atomic mass is 10.1. The summed E-state index contributed by atoms with van der Waals surface area (Å²) in [4.78, 5) is 12.0. The third-order valence-corrected chi connectivity index (χ3v) is 3.59. The Morgan fingerprint density at radius 3 is 2.23 bits per heavy atom. The van der Waals surface area contributed by atoms with Crippen molar-refractivity contribution in [2.24, 2.45) is 11.0 Å². The molecule has 0 fully saturated rings. The summed E-state index contributed by atoms with van der Waals surface area (Å²) in [6.07, 6.45) is 2.56. The SMILES string of the molecule is CCOc1ccc(OCc2ccc(C(=O)N/N=C\CC(C)C)cc2)cc1. The number of benzene rings is 2. The number of carbonyl (C=O) groups excluding carboxylic acids is 1. The van der Waals surface area contributed by atoms with Crippen LogP contribution in [0.2, 0.25) is 0 Å². The first-order chi connectivity index (χ1) is 12.6. The van der Waals surface area contributed by atoms with Crippen LogP contribution in [0.4, 0.5) is 0 Å². The smallest absolute Gasteiger partial charge is 0.271 e. The molecule has 0 saturated heterocycles. The van der Waals surface area contributed by atoms with E-state index in [-0.39, 0.29) is 5.91 Å². The van der Waals surface area contributed by atoms with Gasteiger partial charge in [0.05, 0.1) is 6.61 Å². The van der Waals surface area contributed by atoms with Crippen LogP contribution in [0.25, 0.3) is 0 Å². The Bertz CT molecular complexity index is 707. The van der Waals surface area contributed by atoms with Gasteiger partial charge in [0.2, 0.25) is 0 Å². The number of hydrogen-bond acceptors (Lipinski definition) is 4. The first kappa shape index (κ1) is 19.5. The zero-order valence-corrected chi connectivity index (χ0v) is 15.6. The molecule has 5 heteroatoms. The summed E-state index contributed by atoms with van der Waals surface area (Å²) in [5, 5.41) is 3.95. The van der Waals surface area contributed by atoms with Crippen molar-refractivity contribution in [1.82, 2.24) is 5.43 Å². The van der Waals surface area contributed by atoms with E-state index in [1.807, 2.05) is 43.3 Å². The molecule has 0 aliphatic heterocycles. The van der Waals surface area contributed by atoms with Crippen molar-refractivity contribution in [2.45, 2.75) is 33.8 Å². The molecule has 0 aromatic heterocycles. The number of ether oxygens (including phenoxy) is 2. The van der Waals surface area contributed by atoms with Gasteiger partial charge in [-0.1, -0.05) is 26.0 Å². The molecule has 0 bridgehead atoms. The van der Waals surface area contributed by atoms with E-state index in [0.717, 1.165) is 23.5 Å². The Morgan fingerprint density at radius 2 is 1.65 bits per heavy atom. The van der Waals surface area contributed by atoms with E-state index in [4.69, 9.17) is 9.47 Å². The normalized spacial score (nSPS) is 10.9. The fraction of sp³-hybridized carbons (Fsp3) is 0.333. The number of hydrazone groups is 1. The van der Waals surface area contributed by atoms with Gasteiger partial charge in [-0.05, 0) is 61.2 Å². The molecule has 0 aliphatic carbocycles. The van der Waals surface area contributed by atoms with Crippen molar-refractivity contribution >= 4 is 12.1 Å². The number of nitrogens with one attached hydrogen (secondary N) is 1. The van der Waals surface area contributed by atoms with Gasteiger partial charge in [0, 0.05) is 11.8 Å². The van der Waals surface area contributed by atoms with Gasteiger partial charge >= 0.3 is 0 Å². The Morgan fingerprint density at radius 1 is 1.04 bits per heavy atom. The van der Waals surface area contributed by atoms with Gasteiger partial charge < -0.3 is 9.47 Å². The molecule has 138 valence electrons. The van der Waals surface area contributed by atoms with Crippen LogP contribution in [-0.4, -0.2) is 18.7 Å². The van der Waals surface area contributed by atoms with Crippen LogP contribution in [0.5, 0.6) is 11.5 Å². The summed E-state index contributed by atoms with van der Waals surface area (Å²) in [7, 11) is 0. The highest BCUT2D eigenvalue weighted by Gasteiger charge is 2.04. The number of rotatable bonds is 9. The van der Waals surface area contributed by atoms with E-state index >= 15 is 0 Å². The predicted octanol–water partition coefficient (Wildman–Crippen LogP) is 4.43. The van der Waals surface area contributed by atoms with Crippen molar-refractivity contribution in [1.29, 1.82) is 0 Å². The number of carbonyl (C=O) groups is 1. The monoisotopic (exact) mass is 354 g/mol. The summed E-state index contributed by atoms with van der Waals surface area (Å²) >= 11 is 0. The number of hydrogen-bond donors (Lipinski definition) is 1. The summed E-state index contributed by atoms with van der Waals surface area (Å²) in [6.45, 7) is 7.22. The van der Waals surface area contributed by atoms with E-state index in [1.165, 1.54) is 0 Å². The van der Waals surface area contributed by atoms with Crippen LogP contribution in [0, 0.1) is 5.92 Å². The molecular weight excluding hydrogens is 328 g/mol. The van der Waals surface area contributed by atoms with E-state index in [9.17, 15) is 4.79 Å². The maximum atomic E-state index is 12.0. The topological polar surface area (TPSA) is 59.9 Å². The highest BCUT2D eigenvalue weighted by atomic mass is 16.5. The molecular formula is C21H26N2O3. The zero-order chi connectivity index (χ0) is 18.8. The standard InChI is InChI=1S/C21H26N2O3/c1-4-25-19-9-11-20(12-10-19)26-15-17-5-7-18(8-6-17)21(24)23-22-14-13-16(2)3/h5-12,14,16H,4,13,15H2,1-3H3,(H,23,24)/b22-14-. The molecule has 5 nitrogen and oxygen atoms in total. The first-order valence-corrected chi connectivity index (χ1v) is 8.85. The van der Waals surface area contributed by atoms with Crippen LogP contribution in [0.15, 0.2) is 53.6 Å². The van der Waals surface area contributed by atoms with Crippen LogP contribution in [-0.2, 0) is 6.61 Å². The maximum Gasteiger partial charge on any atom is 0.271 e. The molecule has 0 radical (unpaired) electrons. The molecule has 0 heterocycles. The van der Waals surface area contributed by atoms with Gasteiger partial charge in [-0.2, -0.15) is 5.10 Å². The number of amides is 1. The lowest BCUT2D eigenvalue weighted by molar-refractivity contribution is 0.0955. The third-order valence-electron chi connectivity index (χ3n) is 3.59. The van der Waals surface area contributed by atoms with E-state index in [0.29, 0.717) is 24.7 Å². The summed E-state index contributed by atoms with van der Waals surface area (Å²) in [6, 6.07) is 14.8. The lowest BCUT2D eigenvalue weighted by Gasteiger charge is -2.08. The van der Waals surface area contributed by atoms with Crippen molar-refractivity contribution < 1.29 is 14.3 Å². The summed E-state index contributed by atoms with van der Waals surface area (Å²) in [5.74, 6) is 1.90. The van der Waals surface area contributed by atoms with Crippen LogP contribution < -0.4 is 14.9 Å². The predicted molar refractivity (Wildman–Crippen MR) is 104 cm³/mol. The molecule has 0 unspecified atom stereocenters. The van der Waals surface area contributed by atoms with Gasteiger partial charge in [0.1, 0.15) is 18.1 Å². The highest BCUT2D eigenvalue weighted by molar-refractivity contribution is 5.94. The Kier molecular flexibility index (Phi) is 7.68. The second-order valence-corrected chi connectivity index (χ2v) is 6.27. The number of nitrogens with zero attached hydrogens (tertiary/aromatic N) is 1. The zero-order valence-electron chi connectivity index (χ0n) is 15.6. The summed E-state index contributed by atoms with van der Waals surface area (Å²) < 4.78 is 11.2. The molecule has 2 aromatic carbocycles. The minimum Gasteiger partial charge on any atom is -0.494 e. The van der Waals surface area contributed by atoms with Gasteiger partial charge in [-0.15, -0.1) is 0 Å². The van der Waals surface area contributed by atoms with Crippen LogP contribution in [0.1, 0.15) is 43.1 Å². The second-order valence-electron chi connectivity index (χ2n) is 6.27. The van der Waals surface area contributed by atoms with Gasteiger partial charge in [0.15, 0.2) is 0 Å². The molecule has 1 N–H and O–H groups in total. The quantitative estimate of drug-likeness (QED) is 0.535. The lowest BCUT2D eigenvalue weighted by Crippen LogP contribution is -2.17. The maximum absolute atomic E-state index is 12.0. The first-order valence-electron chi connectivity index (χ1n) is 8.85. The Balaban J connectivity index is 1.83. The van der Waals surface area contributed by atoms with E-state index in [1.54, 1.807) is 18.3 Å². The minimum absolute atomic E-state index is 0.219. The second kappa shape index (κ2) is 10.2. The van der Waals surface area contributed by atoms with Gasteiger partial charge in [-0.3, -0.25) is 4.79 Å². The van der Waals surface area contributed by atoms with Gasteiger partial charge in [0.25, 0.3) is 5.91 Å². The van der Waals surface area contributed by atoms with E-state index in [2.05, 4.69) is 24.4 Å². The van der Waals surface area contributed by atoms with Crippen LogP contribution in [0.3, 0.4) is 0 Å². The average molecular weight is 354 g/mol. The Hall–Kier alpha value is -2.82. The third kappa shape index (κ3) is 6.59. The fourth-order valence-electron chi connectivity index (χ4n) is 2.15. The largest absolute Gasteiger partial charge is 0.494 e. The minimum atomic E-state index is -0.219. The molecule has 2 aromatic rings. The fourth-order valence-corrected chi connectivity index (χ4v) is 2.15. The molecule has 1 amide bonds.